The van der Waals surface area contributed by atoms with Gasteiger partial charge in [0.05, 0.1) is 11.4 Å². The van der Waals surface area contributed by atoms with Crippen molar-refractivity contribution in [3.63, 3.8) is 0 Å². The van der Waals surface area contributed by atoms with Gasteiger partial charge in [-0.3, -0.25) is 0 Å². The van der Waals surface area contributed by atoms with E-state index in [2.05, 4.69) is 11.5 Å². The van der Waals surface area contributed by atoms with Crippen molar-refractivity contribution in [1.82, 2.24) is 9.80 Å². The second-order valence-corrected chi connectivity index (χ2v) is 6.84. The van der Waals surface area contributed by atoms with Crippen molar-refractivity contribution in [2.75, 3.05) is 20.1 Å². The van der Waals surface area contributed by atoms with Crippen molar-refractivity contribution in [3.8, 4) is 0 Å². The molecule has 130 valence electrons. The van der Waals surface area contributed by atoms with Gasteiger partial charge in [-0.1, -0.05) is 18.7 Å². The topological polar surface area (TPSA) is 58.8 Å². The maximum atomic E-state index is 12.1. The molecule has 1 heterocycles. The molecule has 23 heavy (non-hydrogen) atoms. The molecular weight excluding hydrogens is 290 g/mol. The van der Waals surface area contributed by atoms with Crippen LogP contribution in [0.2, 0.25) is 0 Å². The van der Waals surface area contributed by atoms with Gasteiger partial charge in [0.15, 0.2) is 0 Å². The molecule has 0 saturated carbocycles. The molecule has 1 saturated heterocycles. The predicted octanol–water partition coefficient (Wildman–Crippen LogP) is 3.25. The number of piperidine rings is 1. The van der Waals surface area contributed by atoms with Crippen LogP contribution in [0.5, 0.6) is 0 Å². The fourth-order valence-electron chi connectivity index (χ4n) is 2.64. The average Bonchev–Trinajstić information content (AvgIpc) is 2.49. The van der Waals surface area contributed by atoms with Crippen LogP contribution in [0, 0.1) is 0 Å². The molecule has 0 unspecified atom stereocenters. The van der Waals surface area contributed by atoms with Crippen LogP contribution in [-0.4, -0.2) is 47.7 Å². The van der Waals surface area contributed by atoms with Gasteiger partial charge >= 0.3 is 6.09 Å². The van der Waals surface area contributed by atoms with E-state index >= 15 is 0 Å². The molecule has 0 radical (unpaired) electrons. The molecule has 0 bridgehead atoms. The maximum Gasteiger partial charge on any atom is 0.410 e. The summed E-state index contributed by atoms with van der Waals surface area (Å²) in [6.45, 7) is 12.7. The fraction of sp³-hybridized carbons (Fsp3) is 0.611. The van der Waals surface area contributed by atoms with Gasteiger partial charge in [0.2, 0.25) is 0 Å². The van der Waals surface area contributed by atoms with Gasteiger partial charge < -0.3 is 20.3 Å². The Morgan fingerprint density at radius 2 is 1.91 bits per heavy atom. The van der Waals surface area contributed by atoms with Crippen molar-refractivity contribution in [1.29, 1.82) is 0 Å². The van der Waals surface area contributed by atoms with Gasteiger partial charge in [0, 0.05) is 26.2 Å². The third-order valence-electron chi connectivity index (χ3n) is 3.93. The summed E-state index contributed by atoms with van der Waals surface area (Å²) in [5.74, 6) is 0. The monoisotopic (exact) mass is 321 g/mol. The fourth-order valence-corrected chi connectivity index (χ4v) is 2.64. The zero-order valence-electron chi connectivity index (χ0n) is 15.1. The highest BCUT2D eigenvalue weighted by Gasteiger charge is 2.29. The SMILES string of the molecule is C=C/C=C(\C(N)=C/C)N(C)C1CCN(C(=O)OC(C)(C)C)CC1. The average molecular weight is 321 g/mol. The summed E-state index contributed by atoms with van der Waals surface area (Å²) in [5.41, 5.74) is 7.33. The van der Waals surface area contributed by atoms with Gasteiger partial charge in [0.25, 0.3) is 0 Å². The molecule has 0 aromatic carbocycles. The van der Waals surface area contributed by atoms with E-state index in [0.717, 1.165) is 24.2 Å². The summed E-state index contributed by atoms with van der Waals surface area (Å²) in [7, 11) is 2.04. The van der Waals surface area contributed by atoms with E-state index in [1.165, 1.54) is 0 Å². The highest BCUT2D eigenvalue weighted by molar-refractivity contribution is 5.68. The van der Waals surface area contributed by atoms with Crippen molar-refractivity contribution < 1.29 is 9.53 Å². The zero-order chi connectivity index (χ0) is 17.6. The number of nitrogens with two attached hydrogens (primary N) is 1. The summed E-state index contributed by atoms with van der Waals surface area (Å²) in [5, 5.41) is 0. The molecule has 0 aliphatic carbocycles. The minimum absolute atomic E-state index is 0.228. The molecule has 0 spiro atoms. The molecule has 5 heteroatoms. The molecule has 5 nitrogen and oxygen atoms in total. The highest BCUT2D eigenvalue weighted by Crippen LogP contribution is 2.22. The molecule has 2 N–H and O–H groups in total. The molecule has 1 aliphatic heterocycles. The summed E-state index contributed by atoms with van der Waals surface area (Å²) < 4.78 is 5.43. The largest absolute Gasteiger partial charge is 0.444 e. The Balaban J connectivity index is 2.66. The van der Waals surface area contributed by atoms with Crippen LogP contribution in [0.25, 0.3) is 0 Å². The quantitative estimate of drug-likeness (QED) is 0.808. The number of likely N-dealkylation sites (N-methyl/N-ethyl adjacent to an activating group) is 1. The van der Waals surface area contributed by atoms with Gasteiger partial charge in [-0.15, -0.1) is 0 Å². The van der Waals surface area contributed by atoms with Gasteiger partial charge in [-0.05, 0) is 46.6 Å². The number of allylic oxidation sites excluding steroid dienone is 3. The number of hydrogen-bond donors (Lipinski definition) is 1. The Morgan fingerprint density at radius 3 is 2.35 bits per heavy atom. The number of ether oxygens (including phenoxy) is 1. The van der Waals surface area contributed by atoms with Gasteiger partial charge in [0.1, 0.15) is 5.60 Å². The van der Waals surface area contributed by atoms with E-state index < -0.39 is 5.60 Å². The number of hydrogen-bond acceptors (Lipinski definition) is 4. The van der Waals surface area contributed by atoms with Crippen LogP contribution in [0.3, 0.4) is 0 Å². The van der Waals surface area contributed by atoms with Crippen LogP contribution in [0.1, 0.15) is 40.5 Å². The first-order chi connectivity index (χ1) is 10.7. The summed E-state index contributed by atoms with van der Waals surface area (Å²) >= 11 is 0. The molecule has 0 aromatic heterocycles. The van der Waals surface area contributed by atoms with Crippen LogP contribution in [-0.2, 0) is 4.74 Å². The Labute approximate surface area is 140 Å². The summed E-state index contributed by atoms with van der Waals surface area (Å²) in [4.78, 5) is 16.1. The lowest BCUT2D eigenvalue weighted by Gasteiger charge is -2.39. The lowest BCUT2D eigenvalue weighted by molar-refractivity contribution is 0.0170. The molecule has 0 aromatic rings. The van der Waals surface area contributed by atoms with E-state index in [1.54, 1.807) is 11.0 Å². The molecule has 1 fully saturated rings. The smallest absolute Gasteiger partial charge is 0.410 e. The van der Waals surface area contributed by atoms with Gasteiger partial charge in [-0.25, -0.2) is 4.79 Å². The lowest BCUT2D eigenvalue weighted by Crippen LogP contribution is -2.47. The molecule has 1 aliphatic rings. The second-order valence-electron chi connectivity index (χ2n) is 6.84. The van der Waals surface area contributed by atoms with E-state index in [9.17, 15) is 4.79 Å². The number of carbonyl (C=O) groups is 1. The molecule has 1 rings (SSSR count). The minimum Gasteiger partial charge on any atom is -0.444 e. The van der Waals surface area contributed by atoms with Crippen molar-refractivity contribution in [3.05, 3.63) is 36.2 Å². The number of carbonyl (C=O) groups excluding carboxylic acids is 1. The first-order valence-electron chi connectivity index (χ1n) is 8.15. The Hall–Kier alpha value is -1.91. The van der Waals surface area contributed by atoms with E-state index in [1.807, 2.05) is 46.9 Å². The third kappa shape index (κ3) is 5.66. The molecule has 1 amide bonds. The van der Waals surface area contributed by atoms with Crippen molar-refractivity contribution >= 4 is 6.09 Å². The lowest BCUT2D eigenvalue weighted by atomic mass is 10.0. The summed E-state index contributed by atoms with van der Waals surface area (Å²) in [6.07, 6.45) is 7.12. The van der Waals surface area contributed by atoms with Crippen molar-refractivity contribution in [2.24, 2.45) is 5.73 Å². The van der Waals surface area contributed by atoms with Crippen LogP contribution >= 0.6 is 0 Å². The zero-order valence-corrected chi connectivity index (χ0v) is 15.1. The maximum absolute atomic E-state index is 12.1. The normalized spacial score (nSPS) is 17.9. The predicted molar refractivity (Wildman–Crippen MR) is 94.8 cm³/mol. The number of rotatable bonds is 4. The standard InChI is InChI=1S/C18H31N3O2/c1-7-9-16(15(19)8-2)20(6)14-10-12-21(13-11-14)17(22)23-18(3,4)5/h7-9,14H,1,10-13,19H2,2-6H3/b15-8+,16-9+. The third-order valence-corrected chi connectivity index (χ3v) is 3.93. The van der Waals surface area contributed by atoms with Gasteiger partial charge in [-0.2, -0.15) is 0 Å². The van der Waals surface area contributed by atoms with Crippen LogP contribution in [0.4, 0.5) is 4.79 Å². The Bertz CT molecular complexity index is 481. The number of nitrogens with zero attached hydrogens (tertiary/aromatic N) is 2. The van der Waals surface area contributed by atoms with Crippen LogP contribution in [0.15, 0.2) is 36.2 Å². The first-order valence-corrected chi connectivity index (χ1v) is 8.15. The second kappa shape index (κ2) is 8.09. The van der Waals surface area contributed by atoms with E-state index in [4.69, 9.17) is 10.5 Å². The number of amides is 1. The van der Waals surface area contributed by atoms with Crippen LogP contribution < -0.4 is 5.73 Å². The van der Waals surface area contributed by atoms with E-state index in [0.29, 0.717) is 19.1 Å². The Kier molecular flexibility index (Phi) is 6.73. The summed E-state index contributed by atoms with van der Waals surface area (Å²) in [6, 6.07) is 0.346. The Morgan fingerprint density at radius 1 is 1.35 bits per heavy atom. The highest BCUT2D eigenvalue weighted by atomic mass is 16.6. The molecule has 0 atom stereocenters. The van der Waals surface area contributed by atoms with Crippen molar-refractivity contribution in [2.45, 2.75) is 52.2 Å². The first kappa shape index (κ1) is 19.1. The van der Waals surface area contributed by atoms with E-state index in [-0.39, 0.29) is 6.09 Å². The molecular formula is C18H31N3O2. The number of likely N-dealkylation sites (tertiary alicyclic amines) is 1. The minimum atomic E-state index is -0.453.